The number of nitrogens with one attached hydrogen (secondary N) is 1. The molecule has 0 saturated heterocycles. The van der Waals surface area contributed by atoms with Crippen molar-refractivity contribution in [2.24, 2.45) is 0 Å². The highest BCUT2D eigenvalue weighted by molar-refractivity contribution is 7.92. The quantitative estimate of drug-likeness (QED) is 0.188. The van der Waals surface area contributed by atoms with E-state index in [2.05, 4.69) is 5.32 Å². The van der Waals surface area contributed by atoms with Crippen molar-refractivity contribution in [3.8, 4) is 0 Å². The minimum Gasteiger partial charge on any atom is -0.350 e. The van der Waals surface area contributed by atoms with Crippen LogP contribution >= 0.6 is 11.6 Å². The van der Waals surface area contributed by atoms with Gasteiger partial charge in [-0.3, -0.25) is 13.9 Å². The van der Waals surface area contributed by atoms with Gasteiger partial charge < -0.3 is 10.2 Å². The summed E-state index contributed by atoms with van der Waals surface area (Å²) in [6, 6.07) is 27.7. The third-order valence-electron chi connectivity index (χ3n) is 7.77. The van der Waals surface area contributed by atoms with Crippen LogP contribution in [0.25, 0.3) is 0 Å². The smallest absolute Gasteiger partial charge is 0.264 e. The van der Waals surface area contributed by atoms with Crippen molar-refractivity contribution in [2.75, 3.05) is 10.8 Å². The van der Waals surface area contributed by atoms with E-state index in [1.54, 1.807) is 37.3 Å². The van der Waals surface area contributed by atoms with Crippen LogP contribution in [-0.4, -0.2) is 43.3 Å². The summed E-state index contributed by atoms with van der Waals surface area (Å²) in [7, 11) is -4.23. The predicted molar refractivity (Wildman–Crippen MR) is 185 cm³/mol. The van der Waals surface area contributed by atoms with Crippen LogP contribution in [0.4, 0.5) is 5.69 Å². The molecule has 2 amide bonds. The number of carbonyl (C=O) groups excluding carboxylic acids is 2. The zero-order chi connectivity index (χ0) is 33.6. The Bertz CT molecular complexity index is 1790. The molecule has 242 valence electrons. The maximum atomic E-state index is 14.7. The fourth-order valence-electron chi connectivity index (χ4n) is 5.19. The first-order valence-electron chi connectivity index (χ1n) is 15.2. The van der Waals surface area contributed by atoms with E-state index in [1.165, 1.54) is 17.0 Å². The molecule has 0 radical (unpaired) electrons. The Labute approximate surface area is 278 Å². The number of halogens is 1. The Morgan fingerprint density at radius 1 is 0.826 bits per heavy atom. The second-order valence-electron chi connectivity index (χ2n) is 12.6. The lowest BCUT2D eigenvalue weighted by atomic mass is 10.00. The van der Waals surface area contributed by atoms with Crippen LogP contribution < -0.4 is 9.62 Å². The van der Waals surface area contributed by atoms with Gasteiger partial charge >= 0.3 is 0 Å². The number of anilines is 1. The van der Waals surface area contributed by atoms with Crippen LogP contribution in [0.5, 0.6) is 0 Å². The lowest BCUT2D eigenvalue weighted by Gasteiger charge is -2.36. The molecule has 4 aromatic carbocycles. The standard InChI is InChI=1S/C37H42ClN3O4S/c1-26-19-21-31(22-20-26)46(44,45)41(33-18-12-17-32(38)28(33)3)25-35(42)40(24-30-16-11-10-13-27(30)2)34(36(43)39-37(4,5)6)23-29-14-8-7-9-15-29/h7-22,34H,23-25H2,1-6H3,(H,39,43). The van der Waals surface area contributed by atoms with Crippen molar-refractivity contribution in [1.29, 1.82) is 0 Å². The lowest BCUT2D eigenvalue weighted by Crippen LogP contribution is -2.56. The van der Waals surface area contributed by atoms with Gasteiger partial charge in [-0.1, -0.05) is 90.0 Å². The average Bonchev–Trinajstić information content (AvgIpc) is 3.00. The van der Waals surface area contributed by atoms with E-state index in [1.807, 2.05) is 89.2 Å². The number of hydrogen-bond acceptors (Lipinski definition) is 4. The third-order valence-corrected chi connectivity index (χ3v) is 9.95. The second kappa shape index (κ2) is 14.5. The first kappa shape index (κ1) is 34.7. The number of benzene rings is 4. The SMILES string of the molecule is Cc1ccc(S(=O)(=O)N(CC(=O)N(Cc2ccccc2C)C(Cc2ccccc2)C(=O)NC(C)(C)C)c2cccc(Cl)c2C)cc1. The zero-order valence-electron chi connectivity index (χ0n) is 27.2. The van der Waals surface area contributed by atoms with Crippen molar-refractivity contribution < 1.29 is 18.0 Å². The second-order valence-corrected chi connectivity index (χ2v) is 14.9. The number of hydrogen-bond donors (Lipinski definition) is 1. The Morgan fingerprint density at radius 2 is 1.46 bits per heavy atom. The molecular weight excluding hydrogens is 618 g/mol. The molecule has 0 bridgehead atoms. The molecule has 0 aromatic heterocycles. The molecule has 46 heavy (non-hydrogen) atoms. The lowest BCUT2D eigenvalue weighted by molar-refractivity contribution is -0.140. The van der Waals surface area contributed by atoms with E-state index in [9.17, 15) is 18.0 Å². The van der Waals surface area contributed by atoms with Crippen LogP contribution in [0.15, 0.2) is 102 Å². The molecule has 0 spiro atoms. The highest BCUT2D eigenvalue weighted by atomic mass is 35.5. The number of carbonyl (C=O) groups is 2. The number of amides is 2. The third kappa shape index (κ3) is 8.56. The van der Waals surface area contributed by atoms with Crippen LogP contribution in [0.3, 0.4) is 0 Å². The van der Waals surface area contributed by atoms with Crippen molar-refractivity contribution in [3.63, 3.8) is 0 Å². The maximum absolute atomic E-state index is 14.7. The van der Waals surface area contributed by atoms with Crippen LogP contribution in [0.1, 0.15) is 48.6 Å². The summed E-state index contributed by atoms with van der Waals surface area (Å²) in [5.41, 5.74) is 3.81. The summed E-state index contributed by atoms with van der Waals surface area (Å²) in [5, 5.41) is 3.43. The van der Waals surface area contributed by atoms with Gasteiger partial charge in [0.2, 0.25) is 11.8 Å². The molecule has 7 nitrogen and oxygen atoms in total. The van der Waals surface area contributed by atoms with Gasteiger partial charge in [-0.05, 0) is 88.1 Å². The molecule has 1 atom stereocenters. The van der Waals surface area contributed by atoms with Crippen molar-refractivity contribution in [2.45, 2.75) is 71.0 Å². The molecule has 0 fully saturated rings. The number of aryl methyl sites for hydroxylation is 2. The summed E-state index contributed by atoms with van der Waals surface area (Å²) in [5.74, 6) is -0.853. The van der Waals surface area contributed by atoms with Gasteiger partial charge in [-0.2, -0.15) is 0 Å². The van der Waals surface area contributed by atoms with Crippen molar-refractivity contribution >= 4 is 39.1 Å². The Kier molecular flexibility index (Phi) is 11.0. The van der Waals surface area contributed by atoms with Gasteiger partial charge in [-0.25, -0.2) is 8.42 Å². The van der Waals surface area contributed by atoms with E-state index in [0.29, 0.717) is 10.6 Å². The summed E-state index contributed by atoms with van der Waals surface area (Å²) in [6.45, 7) is 10.8. The Hall–Kier alpha value is -4.14. The Balaban J connectivity index is 1.86. The summed E-state index contributed by atoms with van der Waals surface area (Å²) in [4.78, 5) is 30.3. The maximum Gasteiger partial charge on any atom is 0.264 e. The fraction of sp³-hybridized carbons (Fsp3) is 0.297. The summed E-state index contributed by atoms with van der Waals surface area (Å²) in [6.07, 6.45) is 0.237. The van der Waals surface area contributed by atoms with Crippen LogP contribution in [-0.2, 0) is 32.6 Å². The van der Waals surface area contributed by atoms with Crippen molar-refractivity contribution in [3.05, 3.63) is 130 Å². The first-order valence-corrected chi connectivity index (χ1v) is 17.0. The van der Waals surface area contributed by atoms with Gasteiger partial charge in [0.25, 0.3) is 10.0 Å². The largest absolute Gasteiger partial charge is 0.350 e. The van der Waals surface area contributed by atoms with Crippen LogP contribution in [0, 0.1) is 20.8 Å². The highest BCUT2D eigenvalue weighted by Crippen LogP contribution is 2.31. The minimum absolute atomic E-state index is 0.0436. The average molecular weight is 660 g/mol. The number of rotatable bonds is 11. The topological polar surface area (TPSA) is 86.8 Å². The molecule has 0 saturated carbocycles. The molecular formula is C37H42ClN3O4S. The normalized spacial score (nSPS) is 12.3. The monoisotopic (exact) mass is 659 g/mol. The van der Waals surface area contributed by atoms with Gasteiger partial charge in [0, 0.05) is 23.5 Å². The van der Waals surface area contributed by atoms with E-state index in [-0.39, 0.29) is 29.5 Å². The van der Waals surface area contributed by atoms with Gasteiger partial charge in [-0.15, -0.1) is 0 Å². The fourth-order valence-corrected chi connectivity index (χ4v) is 6.84. The molecule has 1 unspecified atom stereocenters. The number of nitrogens with zero attached hydrogens (tertiary/aromatic N) is 2. The molecule has 0 heterocycles. The number of sulfonamides is 1. The van der Waals surface area contributed by atoms with E-state index < -0.39 is 34.1 Å². The molecule has 1 N–H and O–H groups in total. The predicted octanol–water partition coefficient (Wildman–Crippen LogP) is 7.02. The van der Waals surface area contributed by atoms with E-state index in [0.717, 1.165) is 26.6 Å². The molecule has 0 aliphatic heterocycles. The van der Waals surface area contributed by atoms with Gasteiger partial charge in [0.1, 0.15) is 12.6 Å². The molecule has 0 aliphatic carbocycles. The molecule has 4 aromatic rings. The van der Waals surface area contributed by atoms with E-state index in [4.69, 9.17) is 11.6 Å². The zero-order valence-corrected chi connectivity index (χ0v) is 28.8. The molecule has 0 aliphatic rings. The summed E-state index contributed by atoms with van der Waals surface area (Å²) < 4.78 is 29.7. The molecule has 9 heteroatoms. The minimum atomic E-state index is -4.23. The van der Waals surface area contributed by atoms with E-state index >= 15 is 0 Å². The summed E-state index contributed by atoms with van der Waals surface area (Å²) >= 11 is 6.47. The first-order chi connectivity index (χ1) is 21.7. The Morgan fingerprint density at radius 3 is 2.09 bits per heavy atom. The van der Waals surface area contributed by atoms with Crippen molar-refractivity contribution in [1.82, 2.24) is 10.2 Å². The highest BCUT2D eigenvalue weighted by Gasteiger charge is 2.36. The molecule has 4 rings (SSSR count). The van der Waals surface area contributed by atoms with Gasteiger partial charge in [0.15, 0.2) is 0 Å². The van der Waals surface area contributed by atoms with Gasteiger partial charge in [0.05, 0.1) is 10.6 Å². The van der Waals surface area contributed by atoms with Crippen LogP contribution in [0.2, 0.25) is 5.02 Å².